The van der Waals surface area contributed by atoms with Crippen LogP contribution in [0.5, 0.6) is 11.5 Å². The molecule has 1 unspecified atom stereocenters. The molecule has 1 aromatic carbocycles. The van der Waals surface area contributed by atoms with E-state index >= 15 is 0 Å². The predicted molar refractivity (Wildman–Crippen MR) is 117 cm³/mol. The smallest absolute Gasteiger partial charge is 0.338 e. The van der Waals surface area contributed by atoms with E-state index in [-0.39, 0.29) is 5.92 Å². The predicted octanol–water partition coefficient (Wildman–Crippen LogP) is 5.05. The van der Waals surface area contributed by atoms with Gasteiger partial charge in [-0.1, -0.05) is 11.6 Å². The third-order valence-electron chi connectivity index (χ3n) is 6.29. The number of carbonyl (C=O) groups is 1. The molecule has 0 radical (unpaired) electrons. The molecule has 0 spiro atoms. The van der Waals surface area contributed by atoms with Crippen LogP contribution in [0.15, 0.2) is 6.26 Å². The second kappa shape index (κ2) is 9.06. The van der Waals surface area contributed by atoms with Crippen molar-refractivity contribution in [2.24, 2.45) is 5.92 Å². The number of carbonyl (C=O) groups excluding carboxylic acids is 1. The molecule has 1 aliphatic heterocycles. The second-order valence-corrected chi connectivity index (χ2v) is 8.70. The van der Waals surface area contributed by atoms with Crippen LogP contribution in [0.3, 0.4) is 0 Å². The van der Waals surface area contributed by atoms with Gasteiger partial charge in [-0.25, -0.2) is 4.79 Å². The third kappa shape index (κ3) is 4.12. The summed E-state index contributed by atoms with van der Waals surface area (Å²) in [4.78, 5) is 14.8. The van der Waals surface area contributed by atoms with Crippen LogP contribution in [-0.4, -0.2) is 50.5 Å². The topological polar surface area (TPSA) is 57.2 Å². The SMILES string of the molecule is CCOC=Cc1c(Cl)c2c(c(C)c1C(=O)OC)OC(C)([C@H]1CC[C@H](N(C)C)CC1)O2. The summed E-state index contributed by atoms with van der Waals surface area (Å²) in [6.45, 7) is 6.20. The molecule has 1 atom stereocenters. The highest BCUT2D eigenvalue weighted by Crippen LogP contribution is 2.53. The first kappa shape index (κ1) is 22.8. The van der Waals surface area contributed by atoms with E-state index in [0.29, 0.717) is 45.9 Å². The number of esters is 1. The van der Waals surface area contributed by atoms with Crippen LogP contribution in [0.1, 0.15) is 61.0 Å². The van der Waals surface area contributed by atoms with Gasteiger partial charge in [0.25, 0.3) is 5.79 Å². The fraction of sp³-hybridized carbons (Fsp3) is 0.609. The maximum absolute atomic E-state index is 12.5. The second-order valence-electron chi connectivity index (χ2n) is 8.32. The molecule has 0 amide bonds. The molecule has 30 heavy (non-hydrogen) atoms. The van der Waals surface area contributed by atoms with Gasteiger partial charge in [-0.2, -0.15) is 0 Å². The molecule has 166 valence electrons. The first-order valence-corrected chi connectivity index (χ1v) is 10.9. The molecule has 0 aromatic heterocycles. The van der Waals surface area contributed by atoms with Gasteiger partial charge in [0.05, 0.1) is 30.6 Å². The maximum atomic E-state index is 12.5. The highest BCUT2D eigenvalue weighted by Gasteiger charge is 2.48. The molecule has 6 nitrogen and oxygen atoms in total. The summed E-state index contributed by atoms with van der Waals surface area (Å²) >= 11 is 6.72. The van der Waals surface area contributed by atoms with Gasteiger partial charge in [-0.3, -0.25) is 0 Å². The Kier molecular flexibility index (Phi) is 6.88. The number of fused-ring (bicyclic) bond motifs is 1. The fourth-order valence-corrected chi connectivity index (χ4v) is 4.76. The van der Waals surface area contributed by atoms with Crippen LogP contribution in [-0.2, 0) is 9.47 Å². The van der Waals surface area contributed by atoms with Gasteiger partial charge in [0, 0.05) is 30.0 Å². The normalized spacial score (nSPS) is 25.7. The quantitative estimate of drug-likeness (QED) is 0.458. The zero-order valence-electron chi connectivity index (χ0n) is 18.7. The molecule has 0 bridgehead atoms. The molecule has 7 heteroatoms. The maximum Gasteiger partial charge on any atom is 0.338 e. The molecule has 1 aliphatic carbocycles. The lowest BCUT2D eigenvalue weighted by Gasteiger charge is -2.39. The summed E-state index contributed by atoms with van der Waals surface area (Å²) in [6, 6.07) is 0.584. The Labute approximate surface area is 184 Å². The van der Waals surface area contributed by atoms with Crippen molar-refractivity contribution in [2.45, 2.75) is 58.3 Å². The number of methoxy groups -OCH3 is 1. The van der Waals surface area contributed by atoms with Crippen molar-refractivity contribution >= 4 is 23.6 Å². The fourth-order valence-electron chi connectivity index (χ4n) is 4.48. The lowest BCUT2D eigenvalue weighted by atomic mass is 9.81. The van der Waals surface area contributed by atoms with Crippen LogP contribution in [0, 0.1) is 12.8 Å². The first-order chi connectivity index (χ1) is 14.2. The van der Waals surface area contributed by atoms with Crippen molar-refractivity contribution in [1.82, 2.24) is 4.90 Å². The van der Waals surface area contributed by atoms with Gasteiger partial charge < -0.3 is 23.8 Å². The van der Waals surface area contributed by atoms with E-state index in [1.54, 1.807) is 6.08 Å². The number of nitrogens with zero attached hydrogens (tertiary/aromatic N) is 1. The summed E-state index contributed by atoms with van der Waals surface area (Å²) in [6.07, 6.45) is 7.40. The van der Waals surface area contributed by atoms with Gasteiger partial charge in [-0.15, -0.1) is 0 Å². The average Bonchev–Trinajstić information content (AvgIpc) is 3.11. The molecular weight excluding hydrogens is 406 g/mol. The highest BCUT2D eigenvalue weighted by atomic mass is 35.5. The van der Waals surface area contributed by atoms with Gasteiger partial charge in [0.2, 0.25) is 0 Å². The van der Waals surface area contributed by atoms with E-state index in [9.17, 15) is 4.79 Å². The van der Waals surface area contributed by atoms with E-state index < -0.39 is 11.8 Å². The van der Waals surface area contributed by atoms with E-state index in [2.05, 4.69) is 19.0 Å². The molecule has 1 heterocycles. The molecule has 2 aliphatic rings. The summed E-state index contributed by atoms with van der Waals surface area (Å²) in [7, 11) is 5.60. The standard InChI is InChI=1S/C23H32ClNO5/c1-7-28-13-12-17-18(22(26)27-6)14(2)20-21(19(17)24)30-23(3,29-20)15-8-10-16(11-9-15)25(4)5/h12-13,15-16H,7-11H2,1-6H3/t15-,16-,23?. The van der Waals surface area contributed by atoms with Crippen molar-refractivity contribution in [3.8, 4) is 11.5 Å². The zero-order chi connectivity index (χ0) is 22.1. The van der Waals surface area contributed by atoms with Gasteiger partial charge in [-0.05, 0) is 59.7 Å². The van der Waals surface area contributed by atoms with E-state index in [1.807, 2.05) is 20.8 Å². The van der Waals surface area contributed by atoms with Gasteiger partial charge in [0.1, 0.15) is 0 Å². The Hall–Kier alpha value is -1.92. The summed E-state index contributed by atoms with van der Waals surface area (Å²) in [5.41, 5.74) is 1.53. The van der Waals surface area contributed by atoms with Gasteiger partial charge >= 0.3 is 5.97 Å². The van der Waals surface area contributed by atoms with Crippen molar-refractivity contribution in [2.75, 3.05) is 27.8 Å². The molecule has 0 N–H and O–H groups in total. The lowest BCUT2D eigenvalue weighted by molar-refractivity contribution is -0.123. The summed E-state index contributed by atoms with van der Waals surface area (Å²) in [5.74, 6) is -0.0529. The zero-order valence-corrected chi connectivity index (χ0v) is 19.5. The number of rotatable bonds is 6. The average molecular weight is 438 g/mol. The van der Waals surface area contributed by atoms with Crippen LogP contribution >= 0.6 is 11.6 Å². The highest BCUT2D eigenvalue weighted by molar-refractivity contribution is 6.34. The Morgan fingerprint density at radius 2 is 1.87 bits per heavy atom. The molecular formula is C23H32ClNO5. The van der Waals surface area contributed by atoms with E-state index in [1.165, 1.54) is 13.4 Å². The van der Waals surface area contributed by atoms with Crippen molar-refractivity contribution < 1.29 is 23.7 Å². The minimum atomic E-state index is -0.816. The number of benzene rings is 1. The summed E-state index contributed by atoms with van der Waals surface area (Å²) < 4.78 is 23.1. The number of halogens is 1. The van der Waals surface area contributed by atoms with Crippen LogP contribution in [0.25, 0.3) is 6.08 Å². The van der Waals surface area contributed by atoms with Crippen LogP contribution in [0.4, 0.5) is 0 Å². The Morgan fingerprint density at radius 3 is 2.43 bits per heavy atom. The Morgan fingerprint density at radius 1 is 1.23 bits per heavy atom. The van der Waals surface area contributed by atoms with E-state index in [0.717, 1.165) is 25.7 Å². The molecule has 1 aromatic rings. The molecule has 1 fully saturated rings. The number of hydrogen-bond acceptors (Lipinski definition) is 6. The van der Waals surface area contributed by atoms with Gasteiger partial charge in [0.15, 0.2) is 11.5 Å². The minimum absolute atomic E-state index is 0.237. The Balaban J connectivity index is 1.96. The summed E-state index contributed by atoms with van der Waals surface area (Å²) in [5, 5.41) is 0.331. The van der Waals surface area contributed by atoms with Crippen molar-refractivity contribution in [1.29, 1.82) is 0 Å². The van der Waals surface area contributed by atoms with Crippen molar-refractivity contribution in [3.63, 3.8) is 0 Å². The van der Waals surface area contributed by atoms with Crippen LogP contribution in [0.2, 0.25) is 5.02 Å². The third-order valence-corrected chi connectivity index (χ3v) is 6.67. The number of ether oxygens (including phenoxy) is 4. The minimum Gasteiger partial charge on any atom is -0.501 e. The number of hydrogen-bond donors (Lipinski definition) is 0. The van der Waals surface area contributed by atoms with Crippen molar-refractivity contribution in [3.05, 3.63) is 28.0 Å². The molecule has 0 saturated heterocycles. The molecule has 1 saturated carbocycles. The molecule has 3 rings (SSSR count). The monoisotopic (exact) mass is 437 g/mol. The van der Waals surface area contributed by atoms with E-state index in [4.69, 9.17) is 30.5 Å². The van der Waals surface area contributed by atoms with Crippen LogP contribution < -0.4 is 9.47 Å². The largest absolute Gasteiger partial charge is 0.501 e. The lowest BCUT2D eigenvalue weighted by Crippen LogP contribution is -2.46. The first-order valence-electron chi connectivity index (χ1n) is 10.5. The Bertz CT molecular complexity index is 830.